The monoisotopic (exact) mass is 254 g/mol. The second kappa shape index (κ2) is 4.61. The summed E-state index contributed by atoms with van der Waals surface area (Å²) in [5.41, 5.74) is 1.80. The molecule has 0 radical (unpaired) electrons. The van der Waals surface area contributed by atoms with Crippen LogP contribution in [0, 0.1) is 0 Å². The summed E-state index contributed by atoms with van der Waals surface area (Å²) in [6.07, 6.45) is 4.39. The molecule has 19 heavy (non-hydrogen) atoms. The van der Waals surface area contributed by atoms with Gasteiger partial charge in [0.25, 0.3) is 5.56 Å². The second-order valence-electron chi connectivity index (χ2n) is 4.23. The van der Waals surface area contributed by atoms with E-state index in [1.54, 1.807) is 6.20 Å². The van der Waals surface area contributed by atoms with Crippen molar-refractivity contribution < 1.29 is 0 Å². The van der Waals surface area contributed by atoms with Gasteiger partial charge in [-0.3, -0.25) is 14.5 Å². The van der Waals surface area contributed by atoms with Crippen LogP contribution >= 0.6 is 0 Å². The zero-order valence-corrected chi connectivity index (χ0v) is 10.6. The third-order valence-corrected chi connectivity index (χ3v) is 2.98. The van der Waals surface area contributed by atoms with E-state index in [1.165, 1.54) is 10.7 Å². The predicted octanol–water partition coefficient (Wildman–Crippen LogP) is 1.91. The van der Waals surface area contributed by atoms with Crippen molar-refractivity contribution in [1.29, 1.82) is 0 Å². The largest absolute Gasteiger partial charge is 0.296 e. The summed E-state index contributed by atoms with van der Waals surface area (Å²) in [5, 5.41) is 2.89. The average molecular weight is 254 g/mol. The van der Waals surface area contributed by atoms with Gasteiger partial charge in [0, 0.05) is 24.1 Å². The molecule has 0 spiro atoms. The number of aromatic nitrogens is 4. The first-order valence-electron chi connectivity index (χ1n) is 6.20. The molecule has 1 N–H and O–H groups in total. The molecule has 0 unspecified atom stereocenters. The Hall–Kier alpha value is -2.56. The van der Waals surface area contributed by atoms with E-state index < -0.39 is 0 Å². The Kier molecular flexibility index (Phi) is 2.79. The Morgan fingerprint density at radius 3 is 2.63 bits per heavy atom. The molecule has 3 rings (SSSR count). The highest BCUT2D eigenvalue weighted by atomic mass is 16.1. The summed E-state index contributed by atoms with van der Waals surface area (Å²) in [6, 6.07) is 11.3. The Morgan fingerprint density at radius 2 is 2.00 bits per heavy atom. The Balaban J connectivity index is 2.22. The van der Waals surface area contributed by atoms with Gasteiger partial charge < -0.3 is 0 Å². The van der Waals surface area contributed by atoms with Gasteiger partial charge in [-0.15, -0.1) is 0 Å². The van der Waals surface area contributed by atoms with Gasteiger partial charge in [0.2, 0.25) is 5.95 Å². The van der Waals surface area contributed by atoms with Gasteiger partial charge in [0.15, 0.2) is 0 Å². The SMILES string of the molecule is CCc1cn(-c2ccccc2)c(-n2[nH]ccc2=O)n1. The molecule has 2 heterocycles. The van der Waals surface area contributed by atoms with Crippen molar-refractivity contribution in [3.8, 4) is 11.6 Å². The van der Waals surface area contributed by atoms with Gasteiger partial charge in [-0.2, -0.15) is 4.68 Å². The summed E-state index contributed by atoms with van der Waals surface area (Å²) in [7, 11) is 0. The van der Waals surface area contributed by atoms with Crippen LogP contribution in [0.3, 0.4) is 0 Å². The molecule has 3 aromatic rings. The van der Waals surface area contributed by atoms with E-state index in [9.17, 15) is 4.79 Å². The predicted molar refractivity (Wildman–Crippen MR) is 72.9 cm³/mol. The van der Waals surface area contributed by atoms with E-state index >= 15 is 0 Å². The first-order valence-corrected chi connectivity index (χ1v) is 6.20. The highest BCUT2D eigenvalue weighted by Crippen LogP contribution is 2.14. The summed E-state index contributed by atoms with van der Waals surface area (Å²) in [5.74, 6) is 0.582. The lowest BCUT2D eigenvalue weighted by Crippen LogP contribution is -2.17. The van der Waals surface area contributed by atoms with Gasteiger partial charge >= 0.3 is 0 Å². The molecule has 0 saturated carbocycles. The molecule has 0 aliphatic carbocycles. The number of aryl methyl sites for hydroxylation is 1. The van der Waals surface area contributed by atoms with E-state index in [0.717, 1.165) is 17.8 Å². The van der Waals surface area contributed by atoms with Crippen LogP contribution in [0.15, 0.2) is 53.6 Å². The number of nitrogens with one attached hydrogen (secondary N) is 1. The molecular weight excluding hydrogens is 240 g/mol. The molecule has 0 aliphatic rings. The van der Waals surface area contributed by atoms with Crippen molar-refractivity contribution in [2.24, 2.45) is 0 Å². The number of para-hydroxylation sites is 1. The van der Waals surface area contributed by atoms with Crippen molar-refractivity contribution in [2.75, 3.05) is 0 Å². The van der Waals surface area contributed by atoms with E-state index in [0.29, 0.717) is 5.95 Å². The van der Waals surface area contributed by atoms with Crippen LogP contribution in [0.1, 0.15) is 12.6 Å². The Labute approximate surface area is 110 Å². The Bertz CT molecular complexity index is 736. The number of benzene rings is 1. The number of H-pyrrole nitrogens is 1. The molecule has 0 fully saturated rings. The van der Waals surface area contributed by atoms with Gasteiger partial charge in [-0.05, 0) is 18.6 Å². The second-order valence-corrected chi connectivity index (χ2v) is 4.23. The minimum atomic E-state index is -0.120. The van der Waals surface area contributed by atoms with Crippen molar-refractivity contribution in [3.63, 3.8) is 0 Å². The highest BCUT2D eigenvalue weighted by Gasteiger charge is 2.12. The lowest BCUT2D eigenvalue weighted by Gasteiger charge is -2.06. The lowest BCUT2D eigenvalue weighted by molar-refractivity contribution is 0.765. The topological polar surface area (TPSA) is 55.6 Å². The highest BCUT2D eigenvalue weighted by molar-refractivity contribution is 5.37. The number of nitrogens with zero attached hydrogens (tertiary/aromatic N) is 3. The molecule has 0 aliphatic heterocycles. The molecule has 0 atom stereocenters. The number of hydrogen-bond acceptors (Lipinski definition) is 2. The summed E-state index contributed by atoms with van der Waals surface area (Å²) < 4.78 is 3.35. The van der Waals surface area contributed by atoms with Crippen molar-refractivity contribution >= 4 is 0 Å². The third-order valence-electron chi connectivity index (χ3n) is 2.98. The van der Waals surface area contributed by atoms with Crippen LogP contribution < -0.4 is 5.56 Å². The van der Waals surface area contributed by atoms with Crippen molar-refractivity contribution in [2.45, 2.75) is 13.3 Å². The van der Waals surface area contributed by atoms with E-state index in [1.807, 2.05) is 48.0 Å². The molecule has 0 saturated heterocycles. The summed E-state index contributed by atoms with van der Waals surface area (Å²) >= 11 is 0. The lowest BCUT2D eigenvalue weighted by atomic mass is 10.3. The first kappa shape index (κ1) is 11.5. The summed E-state index contributed by atoms with van der Waals surface area (Å²) in [6.45, 7) is 2.04. The molecule has 0 amide bonds. The van der Waals surface area contributed by atoms with Gasteiger partial charge in [-0.25, -0.2) is 4.98 Å². The number of rotatable bonds is 3. The van der Waals surface area contributed by atoms with Gasteiger partial charge in [0.05, 0.1) is 5.69 Å². The number of imidazole rings is 1. The molecular formula is C14H14N4O. The molecule has 0 bridgehead atoms. The quantitative estimate of drug-likeness (QED) is 0.776. The van der Waals surface area contributed by atoms with Crippen LogP contribution in [0.5, 0.6) is 0 Å². The third kappa shape index (κ3) is 1.99. The smallest absolute Gasteiger partial charge is 0.273 e. The van der Waals surface area contributed by atoms with Crippen LogP contribution in [0.4, 0.5) is 0 Å². The normalized spacial score (nSPS) is 10.8. The molecule has 5 nitrogen and oxygen atoms in total. The summed E-state index contributed by atoms with van der Waals surface area (Å²) in [4.78, 5) is 16.3. The fraction of sp³-hybridized carbons (Fsp3) is 0.143. The molecule has 5 heteroatoms. The van der Waals surface area contributed by atoms with Gasteiger partial charge in [-0.1, -0.05) is 25.1 Å². The molecule has 96 valence electrons. The van der Waals surface area contributed by atoms with Crippen LogP contribution in [-0.2, 0) is 6.42 Å². The average Bonchev–Trinajstić information content (AvgIpc) is 3.05. The van der Waals surface area contributed by atoms with Crippen molar-refractivity contribution in [1.82, 2.24) is 19.3 Å². The zero-order valence-electron chi connectivity index (χ0n) is 10.6. The van der Waals surface area contributed by atoms with Crippen molar-refractivity contribution in [3.05, 3.63) is 64.8 Å². The Morgan fingerprint density at radius 1 is 1.21 bits per heavy atom. The van der Waals surface area contributed by atoms with E-state index in [4.69, 9.17) is 0 Å². The van der Waals surface area contributed by atoms with Crippen LogP contribution in [0.2, 0.25) is 0 Å². The zero-order chi connectivity index (χ0) is 13.2. The van der Waals surface area contributed by atoms with Crippen LogP contribution in [-0.4, -0.2) is 19.3 Å². The maximum atomic E-state index is 11.8. The van der Waals surface area contributed by atoms with E-state index in [2.05, 4.69) is 10.1 Å². The number of aromatic amines is 1. The fourth-order valence-electron chi connectivity index (χ4n) is 2.00. The first-order chi connectivity index (χ1) is 9.29. The maximum Gasteiger partial charge on any atom is 0.273 e. The molecule has 2 aromatic heterocycles. The van der Waals surface area contributed by atoms with E-state index in [-0.39, 0.29) is 5.56 Å². The minimum Gasteiger partial charge on any atom is -0.296 e. The maximum absolute atomic E-state index is 11.8. The van der Waals surface area contributed by atoms with Gasteiger partial charge in [0.1, 0.15) is 0 Å². The molecule has 1 aromatic carbocycles. The van der Waals surface area contributed by atoms with Crippen LogP contribution in [0.25, 0.3) is 11.6 Å². The fourth-order valence-corrected chi connectivity index (χ4v) is 2.00. The number of hydrogen-bond donors (Lipinski definition) is 1. The minimum absolute atomic E-state index is 0.120. The standard InChI is InChI=1S/C14H14N4O/c1-2-11-10-17(12-6-4-3-5-7-12)14(16-11)18-13(19)8-9-15-18/h3-10,15H,2H2,1H3.